The first kappa shape index (κ1) is 15.5. The zero-order valence-electron chi connectivity index (χ0n) is 11.1. The number of carbonyl (C=O) groups is 3. The average molecular weight is 279 g/mol. The number of nitrogens with one attached hydrogen (secondary N) is 2. The maximum absolute atomic E-state index is 11.5. The van der Waals surface area contributed by atoms with Crippen LogP contribution in [0.3, 0.4) is 0 Å². The van der Waals surface area contributed by atoms with Crippen molar-refractivity contribution < 1.29 is 19.1 Å². The van der Waals surface area contributed by atoms with Crippen LogP contribution in [-0.2, 0) is 20.9 Å². The van der Waals surface area contributed by atoms with E-state index in [4.69, 9.17) is 10.5 Å². The number of amides is 3. The van der Waals surface area contributed by atoms with Crippen molar-refractivity contribution in [2.24, 2.45) is 5.73 Å². The number of rotatable bonds is 6. The monoisotopic (exact) mass is 279 g/mol. The van der Waals surface area contributed by atoms with E-state index < -0.39 is 23.9 Å². The lowest BCUT2D eigenvalue weighted by atomic mass is 10.2. The summed E-state index contributed by atoms with van der Waals surface area (Å²) in [5.74, 6) is -1.62. The Balaban J connectivity index is 2.50. The van der Waals surface area contributed by atoms with E-state index >= 15 is 0 Å². The van der Waals surface area contributed by atoms with Crippen LogP contribution in [0.4, 0.5) is 4.79 Å². The second-order valence-electron chi connectivity index (χ2n) is 3.94. The van der Waals surface area contributed by atoms with Crippen molar-refractivity contribution in [1.29, 1.82) is 0 Å². The molecule has 0 aliphatic carbocycles. The molecule has 108 valence electrons. The third-order valence-electron chi connectivity index (χ3n) is 2.37. The summed E-state index contributed by atoms with van der Waals surface area (Å²) in [5.41, 5.74) is 5.84. The van der Waals surface area contributed by atoms with Crippen molar-refractivity contribution in [3.63, 3.8) is 0 Å². The van der Waals surface area contributed by atoms with Crippen LogP contribution in [0, 0.1) is 0 Å². The minimum atomic E-state index is -1.45. The molecule has 4 N–H and O–H groups in total. The molecule has 20 heavy (non-hydrogen) atoms. The summed E-state index contributed by atoms with van der Waals surface area (Å²) >= 11 is 0. The van der Waals surface area contributed by atoms with Gasteiger partial charge in [-0.15, -0.1) is 0 Å². The molecule has 0 spiro atoms. The standard InChI is InChI=1S/C13H17N3O4/c1-2-15-12(18)10(11(14)17)16-13(19)20-8-9-6-4-3-5-7-9/h3-7,10H,2,8H2,1H3,(H2,14,17)(H,15,18)(H,16,19). The van der Waals surface area contributed by atoms with Gasteiger partial charge >= 0.3 is 6.09 Å². The number of likely N-dealkylation sites (N-methyl/N-ethyl adjacent to an activating group) is 1. The highest BCUT2D eigenvalue weighted by molar-refractivity contribution is 6.05. The van der Waals surface area contributed by atoms with E-state index in [1.54, 1.807) is 31.2 Å². The van der Waals surface area contributed by atoms with E-state index in [0.717, 1.165) is 5.56 Å². The number of hydrogen-bond acceptors (Lipinski definition) is 4. The van der Waals surface area contributed by atoms with Gasteiger partial charge in [0, 0.05) is 6.54 Å². The van der Waals surface area contributed by atoms with Gasteiger partial charge in [0.15, 0.2) is 6.04 Å². The summed E-state index contributed by atoms with van der Waals surface area (Å²) < 4.78 is 4.90. The van der Waals surface area contributed by atoms with Gasteiger partial charge in [-0.1, -0.05) is 30.3 Å². The number of carbonyl (C=O) groups excluding carboxylic acids is 3. The summed E-state index contributed by atoms with van der Waals surface area (Å²) in [6.45, 7) is 2.04. The molecule has 1 unspecified atom stereocenters. The van der Waals surface area contributed by atoms with Crippen molar-refractivity contribution in [2.75, 3.05) is 6.54 Å². The highest BCUT2D eigenvalue weighted by Gasteiger charge is 2.26. The van der Waals surface area contributed by atoms with E-state index in [2.05, 4.69) is 10.6 Å². The Morgan fingerprint density at radius 3 is 2.45 bits per heavy atom. The molecular weight excluding hydrogens is 262 g/mol. The Labute approximate surface area is 116 Å². The third-order valence-corrected chi connectivity index (χ3v) is 2.37. The van der Waals surface area contributed by atoms with Crippen molar-refractivity contribution >= 4 is 17.9 Å². The predicted molar refractivity (Wildman–Crippen MR) is 71.4 cm³/mol. The number of ether oxygens (including phenoxy) is 1. The largest absolute Gasteiger partial charge is 0.445 e. The molecule has 0 saturated heterocycles. The molecule has 0 aromatic heterocycles. The lowest BCUT2D eigenvalue weighted by molar-refractivity contribution is -0.130. The molecular formula is C13H17N3O4. The van der Waals surface area contributed by atoms with Gasteiger partial charge in [-0.05, 0) is 12.5 Å². The molecule has 0 fully saturated rings. The van der Waals surface area contributed by atoms with Crippen molar-refractivity contribution in [1.82, 2.24) is 10.6 Å². The molecule has 1 atom stereocenters. The second-order valence-corrected chi connectivity index (χ2v) is 3.94. The first-order valence-electron chi connectivity index (χ1n) is 6.08. The quantitative estimate of drug-likeness (QED) is 0.631. The predicted octanol–water partition coefficient (Wildman–Crippen LogP) is -0.0972. The van der Waals surface area contributed by atoms with Gasteiger partial charge < -0.3 is 21.1 Å². The number of nitrogens with two attached hydrogens (primary N) is 1. The molecule has 0 aliphatic heterocycles. The first-order valence-corrected chi connectivity index (χ1v) is 6.08. The van der Waals surface area contributed by atoms with Gasteiger partial charge in [-0.2, -0.15) is 0 Å². The lowest BCUT2D eigenvalue weighted by Gasteiger charge is -2.14. The molecule has 7 heteroatoms. The van der Waals surface area contributed by atoms with Crippen LogP contribution in [0.25, 0.3) is 0 Å². The summed E-state index contributed by atoms with van der Waals surface area (Å²) in [6, 6.07) is 7.56. The Kier molecular flexibility index (Phi) is 6.02. The van der Waals surface area contributed by atoms with Gasteiger partial charge in [0.1, 0.15) is 6.61 Å². The van der Waals surface area contributed by atoms with Crippen LogP contribution in [0.5, 0.6) is 0 Å². The normalized spacial score (nSPS) is 11.2. The lowest BCUT2D eigenvalue weighted by Crippen LogP contribution is -2.54. The molecule has 3 amide bonds. The number of alkyl carbamates (subject to hydrolysis) is 1. The highest BCUT2D eigenvalue weighted by Crippen LogP contribution is 2.00. The maximum Gasteiger partial charge on any atom is 0.408 e. The molecule has 0 saturated carbocycles. The molecule has 0 heterocycles. The minimum absolute atomic E-state index is 0.0353. The zero-order chi connectivity index (χ0) is 15.0. The van der Waals surface area contributed by atoms with Gasteiger partial charge in [-0.3, -0.25) is 9.59 Å². The fraction of sp³-hybridized carbons (Fsp3) is 0.308. The average Bonchev–Trinajstić information content (AvgIpc) is 2.43. The Morgan fingerprint density at radius 2 is 1.90 bits per heavy atom. The van der Waals surface area contributed by atoms with E-state index in [0.29, 0.717) is 6.54 Å². The Hall–Kier alpha value is -2.57. The van der Waals surface area contributed by atoms with Crippen LogP contribution in [0.2, 0.25) is 0 Å². The van der Waals surface area contributed by atoms with Gasteiger partial charge in [0.25, 0.3) is 5.91 Å². The summed E-state index contributed by atoms with van der Waals surface area (Å²) in [6.07, 6.45) is -0.885. The second kappa shape index (κ2) is 7.78. The SMILES string of the molecule is CCNC(=O)C(NC(=O)OCc1ccccc1)C(N)=O. The van der Waals surface area contributed by atoms with Crippen LogP contribution in [0.1, 0.15) is 12.5 Å². The highest BCUT2D eigenvalue weighted by atomic mass is 16.5. The molecule has 1 aromatic carbocycles. The van der Waals surface area contributed by atoms with Crippen molar-refractivity contribution in [3.8, 4) is 0 Å². The molecule has 0 aliphatic rings. The third kappa shape index (κ3) is 4.97. The van der Waals surface area contributed by atoms with E-state index in [9.17, 15) is 14.4 Å². The maximum atomic E-state index is 11.5. The van der Waals surface area contributed by atoms with E-state index in [-0.39, 0.29) is 6.61 Å². The Bertz CT molecular complexity index is 476. The number of primary amides is 1. The van der Waals surface area contributed by atoms with Crippen LogP contribution < -0.4 is 16.4 Å². The van der Waals surface area contributed by atoms with Gasteiger partial charge in [0.2, 0.25) is 5.91 Å². The van der Waals surface area contributed by atoms with Crippen molar-refractivity contribution in [3.05, 3.63) is 35.9 Å². The zero-order valence-corrected chi connectivity index (χ0v) is 11.1. The minimum Gasteiger partial charge on any atom is -0.445 e. The first-order chi connectivity index (χ1) is 9.54. The van der Waals surface area contributed by atoms with Gasteiger partial charge in [0.05, 0.1) is 0 Å². The summed E-state index contributed by atoms with van der Waals surface area (Å²) in [4.78, 5) is 34.1. The number of hydrogen-bond donors (Lipinski definition) is 3. The molecule has 1 rings (SSSR count). The van der Waals surface area contributed by atoms with E-state index in [1.807, 2.05) is 6.07 Å². The van der Waals surface area contributed by atoms with Gasteiger partial charge in [-0.25, -0.2) is 4.79 Å². The summed E-state index contributed by atoms with van der Waals surface area (Å²) in [5, 5.41) is 4.52. The fourth-order valence-corrected chi connectivity index (χ4v) is 1.42. The van der Waals surface area contributed by atoms with Crippen LogP contribution in [0.15, 0.2) is 30.3 Å². The van der Waals surface area contributed by atoms with Crippen molar-refractivity contribution in [2.45, 2.75) is 19.6 Å². The molecule has 1 aromatic rings. The Morgan fingerprint density at radius 1 is 1.25 bits per heavy atom. The van der Waals surface area contributed by atoms with E-state index in [1.165, 1.54) is 0 Å². The number of benzene rings is 1. The molecule has 0 radical (unpaired) electrons. The summed E-state index contributed by atoms with van der Waals surface area (Å²) in [7, 11) is 0. The van der Waals surface area contributed by atoms with Crippen LogP contribution >= 0.6 is 0 Å². The smallest absolute Gasteiger partial charge is 0.408 e. The fourth-order valence-electron chi connectivity index (χ4n) is 1.42. The molecule has 7 nitrogen and oxygen atoms in total. The van der Waals surface area contributed by atoms with Crippen LogP contribution in [-0.4, -0.2) is 30.5 Å². The molecule has 0 bridgehead atoms. The topological polar surface area (TPSA) is 111 Å².